The fraction of sp³-hybridized carbons (Fsp3) is 0.385. The molecule has 0 aromatic heterocycles. The van der Waals surface area contributed by atoms with Crippen LogP contribution in [0.25, 0.3) is 0 Å². The lowest BCUT2D eigenvalue weighted by atomic mass is 10.1. The van der Waals surface area contributed by atoms with Crippen molar-refractivity contribution in [3.8, 4) is 0 Å². The number of hydrogen-bond donors (Lipinski definition) is 2. The number of aliphatic hydroxyl groups is 1. The molecule has 1 atom stereocenters. The van der Waals surface area contributed by atoms with Crippen molar-refractivity contribution < 1.29 is 18.3 Å². The van der Waals surface area contributed by atoms with Crippen LogP contribution in [0.1, 0.15) is 19.8 Å². The molecule has 1 aromatic carbocycles. The molecule has 2 N–H and O–H groups in total. The number of halogens is 4. The van der Waals surface area contributed by atoms with Gasteiger partial charge in [-0.1, -0.05) is 18.5 Å². The van der Waals surface area contributed by atoms with Crippen molar-refractivity contribution in [1.29, 1.82) is 0 Å². The van der Waals surface area contributed by atoms with Crippen LogP contribution in [-0.2, 0) is 0 Å². The lowest BCUT2D eigenvalue weighted by Gasteiger charge is -2.34. The molecule has 1 aromatic rings. The first kappa shape index (κ1) is 17.0. The number of rotatable bonds is 2. The SMILES string of the molecule is CCC1=NN(C(=S)Nc2ccc(Cl)cc2)C(O)(C(F)(F)F)C1. The van der Waals surface area contributed by atoms with Gasteiger partial charge in [0.1, 0.15) is 0 Å². The highest BCUT2D eigenvalue weighted by atomic mass is 35.5. The van der Waals surface area contributed by atoms with Gasteiger partial charge >= 0.3 is 6.18 Å². The Hall–Kier alpha value is -1.38. The zero-order valence-corrected chi connectivity index (χ0v) is 13.1. The number of alkyl halides is 3. The number of nitrogens with zero attached hydrogens (tertiary/aromatic N) is 2. The Bertz CT molecular complexity index is 606. The molecule has 0 saturated carbocycles. The van der Waals surface area contributed by atoms with E-state index in [0.29, 0.717) is 22.1 Å². The molecular weight excluding hydrogens is 339 g/mol. The summed E-state index contributed by atoms with van der Waals surface area (Å²) < 4.78 is 39.6. The first-order chi connectivity index (χ1) is 10.2. The van der Waals surface area contributed by atoms with E-state index in [1.807, 2.05) is 0 Å². The molecule has 9 heteroatoms. The maximum absolute atomic E-state index is 13.2. The van der Waals surface area contributed by atoms with E-state index in [1.54, 1.807) is 31.2 Å². The maximum Gasteiger partial charge on any atom is 0.438 e. The van der Waals surface area contributed by atoms with Gasteiger partial charge in [-0.25, -0.2) is 0 Å². The molecule has 1 unspecified atom stereocenters. The van der Waals surface area contributed by atoms with E-state index < -0.39 is 18.3 Å². The number of anilines is 1. The molecule has 0 bridgehead atoms. The van der Waals surface area contributed by atoms with E-state index in [1.165, 1.54) is 0 Å². The Labute approximate surface area is 135 Å². The van der Waals surface area contributed by atoms with Crippen LogP contribution in [0, 0.1) is 0 Å². The lowest BCUT2D eigenvalue weighted by molar-refractivity contribution is -0.294. The van der Waals surface area contributed by atoms with E-state index in [-0.39, 0.29) is 10.8 Å². The second kappa shape index (κ2) is 6.02. The number of nitrogens with one attached hydrogen (secondary N) is 1. The highest BCUT2D eigenvalue weighted by Gasteiger charge is 2.62. The third-order valence-electron chi connectivity index (χ3n) is 3.19. The highest BCUT2D eigenvalue weighted by molar-refractivity contribution is 7.80. The third-order valence-corrected chi connectivity index (χ3v) is 3.72. The van der Waals surface area contributed by atoms with Gasteiger partial charge in [0.05, 0.1) is 0 Å². The predicted molar refractivity (Wildman–Crippen MR) is 82.9 cm³/mol. The Morgan fingerprint density at radius 2 is 2.05 bits per heavy atom. The van der Waals surface area contributed by atoms with Crippen LogP contribution < -0.4 is 5.32 Å². The summed E-state index contributed by atoms with van der Waals surface area (Å²) in [6, 6.07) is 6.24. The quantitative estimate of drug-likeness (QED) is 0.796. The Balaban J connectivity index is 2.25. The maximum atomic E-state index is 13.2. The minimum absolute atomic E-state index is 0.222. The van der Waals surface area contributed by atoms with Crippen LogP contribution in [0.5, 0.6) is 0 Å². The van der Waals surface area contributed by atoms with Gasteiger partial charge in [0, 0.05) is 22.8 Å². The van der Waals surface area contributed by atoms with Crippen molar-refractivity contribution in [2.45, 2.75) is 31.7 Å². The minimum Gasteiger partial charge on any atom is -0.362 e. The molecule has 22 heavy (non-hydrogen) atoms. The molecule has 0 aliphatic carbocycles. The average molecular weight is 352 g/mol. The Morgan fingerprint density at radius 3 is 2.55 bits per heavy atom. The summed E-state index contributed by atoms with van der Waals surface area (Å²) in [7, 11) is 0. The first-order valence-corrected chi connectivity index (χ1v) is 7.18. The average Bonchev–Trinajstić information content (AvgIpc) is 2.80. The van der Waals surface area contributed by atoms with Crippen LogP contribution in [-0.4, -0.2) is 32.8 Å². The van der Waals surface area contributed by atoms with Gasteiger partial charge in [0.2, 0.25) is 0 Å². The van der Waals surface area contributed by atoms with E-state index in [0.717, 1.165) is 0 Å². The Kier molecular flexibility index (Phi) is 4.65. The number of benzene rings is 1. The van der Waals surface area contributed by atoms with Crippen LogP contribution in [0.2, 0.25) is 5.02 Å². The van der Waals surface area contributed by atoms with Gasteiger partial charge in [-0.3, -0.25) is 0 Å². The molecular formula is C13H13ClF3N3OS. The van der Waals surface area contributed by atoms with Gasteiger partial charge in [-0.15, -0.1) is 0 Å². The molecule has 2 rings (SSSR count). The molecule has 0 spiro atoms. The van der Waals surface area contributed by atoms with Crippen molar-refractivity contribution in [3.63, 3.8) is 0 Å². The lowest BCUT2D eigenvalue weighted by Crippen LogP contribution is -2.57. The summed E-state index contributed by atoms with van der Waals surface area (Å²) in [6.45, 7) is 1.66. The third kappa shape index (κ3) is 3.18. The van der Waals surface area contributed by atoms with Crippen LogP contribution in [0.15, 0.2) is 29.4 Å². The van der Waals surface area contributed by atoms with Crippen molar-refractivity contribution in [2.24, 2.45) is 5.10 Å². The molecule has 1 aliphatic rings. The largest absolute Gasteiger partial charge is 0.438 e. The molecule has 0 fully saturated rings. The second-order valence-electron chi connectivity index (χ2n) is 4.76. The fourth-order valence-corrected chi connectivity index (χ4v) is 2.39. The first-order valence-electron chi connectivity index (χ1n) is 6.39. The number of thiocarbonyl (C=S) groups is 1. The molecule has 120 valence electrons. The molecule has 1 aliphatic heterocycles. The summed E-state index contributed by atoms with van der Waals surface area (Å²) in [5.41, 5.74) is -2.46. The summed E-state index contributed by atoms with van der Waals surface area (Å²) in [4.78, 5) is 0. The Morgan fingerprint density at radius 1 is 1.45 bits per heavy atom. The predicted octanol–water partition coefficient (Wildman–Crippen LogP) is 3.76. The molecule has 1 heterocycles. The van der Waals surface area contributed by atoms with Crippen molar-refractivity contribution in [1.82, 2.24) is 5.01 Å². The van der Waals surface area contributed by atoms with Gasteiger partial charge < -0.3 is 10.4 Å². The summed E-state index contributed by atoms with van der Waals surface area (Å²) in [6.07, 6.45) is -5.23. The zero-order valence-electron chi connectivity index (χ0n) is 11.5. The van der Waals surface area contributed by atoms with E-state index in [2.05, 4.69) is 10.4 Å². The second-order valence-corrected chi connectivity index (χ2v) is 5.58. The van der Waals surface area contributed by atoms with Gasteiger partial charge in [0.15, 0.2) is 5.11 Å². The summed E-state index contributed by atoms with van der Waals surface area (Å²) in [5.74, 6) is 0. The number of hydrogen-bond acceptors (Lipinski definition) is 3. The van der Waals surface area contributed by atoms with Crippen LogP contribution in [0.4, 0.5) is 18.9 Å². The topological polar surface area (TPSA) is 47.9 Å². The van der Waals surface area contributed by atoms with Gasteiger partial charge in [-0.2, -0.15) is 23.3 Å². The molecule has 0 amide bonds. The van der Waals surface area contributed by atoms with Crippen molar-refractivity contribution in [3.05, 3.63) is 29.3 Å². The monoisotopic (exact) mass is 351 g/mol. The fourth-order valence-electron chi connectivity index (χ4n) is 1.96. The number of hydrazone groups is 1. The van der Waals surface area contributed by atoms with Crippen LogP contribution >= 0.6 is 23.8 Å². The molecule has 0 saturated heterocycles. The van der Waals surface area contributed by atoms with Crippen molar-refractivity contribution in [2.75, 3.05) is 5.32 Å². The summed E-state index contributed by atoms with van der Waals surface area (Å²) in [5, 5.41) is 17.0. The minimum atomic E-state index is -4.89. The van der Waals surface area contributed by atoms with Crippen molar-refractivity contribution >= 4 is 40.3 Å². The normalized spacial score (nSPS) is 21.7. The van der Waals surface area contributed by atoms with E-state index >= 15 is 0 Å². The molecule has 4 nitrogen and oxygen atoms in total. The van der Waals surface area contributed by atoms with Gasteiger partial charge in [0.25, 0.3) is 5.72 Å². The van der Waals surface area contributed by atoms with E-state index in [4.69, 9.17) is 23.8 Å². The highest BCUT2D eigenvalue weighted by Crippen LogP contribution is 2.41. The smallest absolute Gasteiger partial charge is 0.362 e. The van der Waals surface area contributed by atoms with Crippen LogP contribution in [0.3, 0.4) is 0 Å². The van der Waals surface area contributed by atoms with Gasteiger partial charge in [-0.05, 0) is 42.9 Å². The molecule has 0 radical (unpaired) electrons. The van der Waals surface area contributed by atoms with E-state index in [9.17, 15) is 18.3 Å². The zero-order chi connectivity index (χ0) is 16.5. The standard InChI is InChI=1S/C13H13ClF3N3OS/c1-2-9-7-12(21,13(15,16)17)20(19-9)11(22)18-10-5-3-8(14)4-6-10/h3-6,21H,2,7H2,1H3,(H,18,22). The summed E-state index contributed by atoms with van der Waals surface area (Å²) >= 11 is 10.7.